The Morgan fingerprint density at radius 3 is 2.37 bits per heavy atom. The van der Waals surface area contributed by atoms with E-state index < -0.39 is 0 Å². The summed E-state index contributed by atoms with van der Waals surface area (Å²) in [5, 5.41) is 3.11. The van der Waals surface area contributed by atoms with E-state index in [0.29, 0.717) is 12.5 Å². The highest BCUT2D eigenvalue weighted by molar-refractivity contribution is 5.80. The number of hydrogen-bond donors (Lipinski definition) is 1. The molecule has 0 spiro atoms. The molecule has 0 bridgehead atoms. The number of rotatable bonds is 5. The van der Waals surface area contributed by atoms with Crippen molar-refractivity contribution in [3.8, 4) is 0 Å². The molecule has 1 N–H and O–H groups in total. The molecule has 0 aliphatic carbocycles. The Morgan fingerprint density at radius 1 is 1.07 bits per heavy atom. The molecule has 0 saturated carbocycles. The first-order valence-electron chi connectivity index (χ1n) is 10.3. The number of aryl methyl sites for hydroxylation is 2. The number of carbonyl (C=O) groups is 2. The van der Waals surface area contributed by atoms with Crippen LogP contribution in [0.1, 0.15) is 55.3 Å². The standard InChI is InChI=1S/C22H33N3O2/c1-16-6-7-20(14-17(16)2)18(3)23-21(26)15-24-12-8-19(9-13-24)22(27)25-10-4-5-11-25/h6-7,14,18-19H,4-5,8-13,15H2,1-3H3,(H,23,26). The molecular weight excluding hydrogens is 338 g/mol. The van der Waals surface area contributed by atoms with Crippen LogP contribution in [0.25, 0.3) is 0 Å². The SMILES string of the molecule is Cc1ccc(C(C)NC(=O)CN2CCC(C(=O)N3CCCC3)CC2)cc1C. The Balaban J connectivity index is 1.43. The first-order valence-corrected chi connectivity index (χ1v) is 10.3. The summed E-state index contributed by atoms with van der Waals surface area (Å²) in [6.07, 6.45) is 4.03. The minimum absolute atomic E-state index is 0.00563. The van der Waals surface area contributed by atoms with Crippen LogP contribution in [0.5, 0.6) is 0 Å². The summed E-state index contributed by atoms with van der Waals surface area (Å²) in [5.41, 5.74) is 3.66. The van der Waals surface area contributed by atoms with Gasteiger partial charge in [0, 0.05) is 19.0 Å². The van der Waals surface area contributed by atoms with Crippen molar-refractivity contribution < 1.29 is 9.59 Å². The molecule has 0 aromatic heterocycles. The van der Waals surface area contributed by atoms with Crippen LogP contribution in [0.15, 0.2) is 18.2 Å². The van der Waals surface area contributed by atoms with Gasteiger partial charge in [-0.2, -0.15) is 0 Å². The highest BCUT2D eigenvalue weighted by Crippen LogP contribution is 2.22. The quantitative estimate of drug-likeness (QED) is 0.866. The third-order valence-electron chi connectivity index (χ3n) is 6.13. The van der Waals surface area contributed by atoms with Crippen molar-refractivity contribution in [2.45, 2.75) is 52.5 Å². The van der Waals surface area contributed by atoms with Gasteiger partial charge in [-0.05, 0) is 76.2 Å². The zero-order chi connectivity index (χ0) is 19.4. The lowest BCUT2D eigenvalue weighted by atomic mass is 9.95. The normalized spacial score (nSPS) is 19.9. The van der Waals surface area contributed by atoms with E-state index in [2.05, 4.69) is 42.3 Å². The van der Waals surface area contributed by atoms with Crippen molar-refractivity contribution in [2.24, 2.45) is 5.92 Å². The number of carbonyl (C=O) groups excluding carboxylic acids is 2. The molecule has 3 rings (SSSR count). The van der Waals surface area contributed by atoms with Crippen LogP contribution < -0.4 is 5.32 Å². The lowest BCUT2D eigenvalue weighted by Gasteiger charge is -2.33. The lowest BCUT2D eigenvalue weighted by Crippen LogP contribution is -2.45. The maximum atomic E-state index is 12.5. The van der Waals surface area contributed by atoms with Crippen LogP contribution in [0.3, 0.4) is 0 Å². The van der Waals surface area contributed by atoms with E-state index in [-0.39, 0.29) is 17.9 Å². The maximum absolute atomic E-state index is 12.5. The van der Waals surface area contributed by atoms with Gasteiger partial charge < -0.3 is 10.2 Å². The van der Waals surface area contributed by atoms with Crippen LogP contribution in [0, 0.1) is 19.8 Å². The monoisotopic (exact) mass is 371 g/mol. The third kappa shape index (κ3) is 5.10. The Bertz CT molecular complexity index is 674. The Labute approximate surface area is 163 Å². The Morgan fingerprint density at radius 2 is 1.74 bits per heavy atom. The number of nitrogens with one attached hydrogen (secondary N) is 1. The lowest BCUT2D eigenvalue weighted by molar-refractivity contribution is -0.136. The van der Waals surface area contributed by atoms with Crippen LogP contribution in [-0.4, -0.2) is 54.3 Å². The first-order chi connectivity index (χ1) is 12.9. The number of likely N-dealkylation sites (tertiary alicyclic amines) is 2. The van der Waals surface area contributed by atoms with Crippen LogP contribution in [0.4, 0.5) is 0 Å². The molecule has 27 heavy (non-hydrogen) atoms. The van der Waals surface area contributed by atoms with Crippen molar-refractivity contribution in [1.82, 2.24) is 15.1 Å². The maximum Gasteiger partial charge on any atom is 0.234 e. The summed E-state index contributed by atoms with van der Waals surface area (Å²) in [6.45, 7) is 10.2. The predicted molar refractivity (Wildman–Crippen MR) is 107 cm³/mol. The van der Waals surface area contributed by atoms with Gasteiger partial charge >= 0.3 is 0 Å². The van der Waals surface area contributed by atoms with Gasteiger partial charge in [-0.3, -0.25) is 14.5 Å². The molecule has 1 aromatic rings. The molecule has 2 saturated heterocycles. The van der Waals surface area contributed by atoms with Crippen molar-refractivity contribution in [2.75, 3.05) is 32.7 Å². The molecule has 5 nitrogen and oxygen atoms in total. The highest BCUT2D eigenvalue weighted by atomic mass is 16.2. The number of amides is 2. The average Bonchev–Trinajstić information content (AvgIpc) is 3.18. The van der Waals surface area contributed by atoms with E-state index in [9.17, 15) is 9.59 Å². The zero-order valence-corrected chi connectivity index (χ0v) is 17.0. The molecule has 2 aliphatic rings. The van der Waals surface area contributed by atoms with E-state index in [4.69, 9.17) is 0 Å². The summed E-state index contributed by atoms with van der Waals surface area (Å²) in [6, 6.07) is 6.35. The minimum atomic E-state index is 0.00563. The minimum Gasteiger partial charge on any atom is -0.348 e. The Kier molecular flexibility index (Phi) is 6.53. The second-order valence-corrected chi connectivity index (χ2v) is 8.22. The number of nitrogens with zero attached hydrogens (tertiary/aromatic N) is 2. The van der Waals surface area contributed by atoms with Gasteiger partial charge in [0.15, 0.2) is 0 Å². The van der Waals surface area contributed by atoms with E-state index in [1.807, 2.05) is 11.8 Å². The fourth-order valence-electron chi connectivity index (χ4n) is 4.14. The predicted octanol–water partition coefficient (Wildman–Crippen LogP) is 2.82. The second-order valence-electron chi connectivity index (χ2n) is 8.22. The van der Waals surface area contributed by atoms with Gasteiger partial charge in [0.2, 0.25) is 11.8 Å². The van der Waals surface area contributed by atoms with Gasteiger partial charge in [-0.25, -0.2) is 0 Å². The third-order valence-corrected chi connectivity index (χ3v) is 6.13. The van der Waals surface area contributed by atoms with Crippen LogP contribution in [0.2, 0.25) is 0 Å². The molecule has 2 heterocycles. The largest absolute Gasteiger partial charge is 0.348 e. The van der Waals surface area contributed by atoms with Crippen molar-refractivity contribution in [1.29, 1.82) is 0 Å². The molecule has 1 unspecified atom stereocenters. The van der Waals surface area contributed by atoms with Gasteiger partial charge in [0.1, 0.15) is 0 Å². The molecule has 2 amide bonds. The van der Waals surface area contributed by atoms with E-state index >= 15 is 0 Å². The molecular formula is C22H33N3O2. The molecule has 2 aliphatic heterocycles. The fourth-order valence-corrected chi connectivity index (χ4v) is 4.14. The van der Waals surface area contributed by atoms with E-state index in [1.54, 1.807) is 0 Å². The summed E-state index contributed by atoms with van der Waals surface area (Å²) in [7, 11) is 0. The molecule has 5 heteroatoms. The van der Waals surface area contributed by atoms with Crippen LogP contribution in [-0.2, 0) is 9.59 Å². The highest BCUT2D eigenvalue weighted by Gasteiger charge is 2.30. The molecule has 0 radical (unpaired) electrons. The molecule has 2 fully saturated rings. The van der Waals surface area contributed by atoms with Gasteiger partial charge in [-0.15, -0.1) is 0 Å². The van der Waals surface area contributed by atoms with Crippen LogP contribution >= 0.6 is 0 Å². The molecule has 1 aromatic carbocycles. The van der Waals surface area contributed by atoms with Crippen molar-refractivity contribution in [3.05, 3.63) is 34.9 Å². The molecule has 148 valence electrons. The second kappa shape index (κ2) is 8.87. The van der Waals surface area contributed by atoms with Gasteiger partial charge in [-0.1, -0.05) is 18.2 Å². The summed E-state index contributed by atoms with van der Waals surface area (Å²) in [5.74, 6) is 0.543. The summed E-state index contributed by atoms with van der Waals surface area (Å²) < 4.78 is 0. The average molecular weight is 372 g/mol. The summed E-state index contributed by atoms with van der Waals surface area (Å²) >= 11 is 0. The first kappa shape index (κ1) is 19.9. The van der Waals surface area contributed by atoms with Crippen molar-refractivity contribution in [3.63, 3.8) is 0 Å². The smallest absolute Gasteiger partial charge is 0.234 e. The van der Waals surface area contributed by atoms with E-state index in [0.717, 1.165) is 57.4 Å². The van der Waals surface area contributed by atoms with Crippen molar-refractivity contribution >= 4 is 11.8 Å². The summed E-state index contributed by atoms with van der Waals surface area (Å²) in [4.78, 5) is 29.2. The molecule has 1 atom stereocenters. The van der Waals surface area contributed by atoms with E-state index in [1.165, 1.54) is 11.1 Å². The van der Waals surface area contributed by atoms with Gasteiger partial charge in [0.05, 0.1) is 12.6 Å². The fraction of sp³-hybridized carbons (Fsp3) is 0.636. The zero-order valence-electron chi connectivity index (χ0n) is 17.0. The topological polar surface area (TPSA) is 52.7 Å². The number of piperidine rings is 1. The number of hydrogen-bond acceptors (Lipinski definition) is 3. The Hall–Kier alpha value is -1.88. The number of benzene rings is 1. The van der Waals surface area contributed by atoms with Gasteiger partial charge in [0.25, 0.3) is 0 Å².